The molecule has 0 amide bonds. The summed E-state index contributed by atoms with van der Waals surface area (Å²) >= 11 is 1.05. The van der Waals surface area contributed by atoms with E-state index in [1.54, 1.807) is 31.4 Å². The van der Waals surface area contributed by atoms with E-state index < -0.39 is 10.0 Å². The van der Waals surface area contributed by atoms with Crippen molar-refractivity contribution in [3.63, 3.8) is 0 Å². The number of nitrogens with one attached hydrogen (secondary N) is 1. The van der Waals surface area contributed by atoms with Crippen LogP contribution in [0.5, 0.6) is 0 Å². The van der Waals surface area contributed by atoms with E-state index in [9.17, 15) is 8.42 Å². The number of anilines is 1. The van der Waals surface area contributed by atoms with Gasteiger partial charge in [-0.25, -0.2) is 8.42 Å². The molecule has 0 aliphatic heterocycles. The van der Waals surface area contributed by atoms with E-state index in [0.29, 0.717) is 17.2 Å². The predicted octanol–water partition coefficient (Wildman–Crippen LogP) is 2.19. The number of hydrogen-bond donors (Lipinski definition) is 2. The van der Waals surface area contributed by atoms with E-state index in [1.807, 2.05) is 6.07 Å². The van der Waals surface area contributed by atoms with Gasteiger partial charge in [0.1, 0.15) is 4.21 Å². The lowest BCUT2D eigenvalue weighted by Gasteiger charge is -2.11. The van der Waals surface area contributed by atoms with Crippen molar-refractivity contribution >= 4 is 27.0 Å². The average Bonchev–Trinajstić information content (AvgIpc) is 2.91. The molecule has 0 saturated heterocycles. The smallest absolute Gasteiger partial charge is 0.271 e. The lowest BCUT2D eigenvalue weighted by atomic mass is 10.2. The third-order valence-corrected chi connectivity index (χ3v) is 5.55. The van der Waals surface area contributed by atoms with Crippen LogP contribution in [0.4, 0.5) is 5.69 Å². The number of para-hydroxylation sites is 1. The van der Waals surface area contributed by atoms with E-state index >= 15 is 0 Å². The molecule has 5 nitrogen and oxygen atoms in total. The summed E-state index contributed by atoms with van der Waals surface area (Å²) < 4.78 is 32.3. The zero-order valence-corrected chi connectivity index (χ0v) is 12.5. The molecule has 0 radical (unpaired) electrons. The first-order chi connectivity index (χ1) is 9.56. The lowest BCUT2D eigenvalue weighted by molar-refractivity contribution is 0.185. The van der Waals surface area contributed by atoms with Gasteiger partial charge in [0.15, 0.2) is 0 Å². The molecular weight excluding hydrogens is 298 g/mol. The molecule has 0 bridgehead atoms. The Morgan fingerprint density at radius 1 is 1.25 bits per heavy atom. The second kappa shape index (κ2) is 6.36. The normalized spacial score (nSPS) is 11.5. The van der Waals surface area contributed by atoms with E-state index in [2.05, 4.69) is 4.72 Å². The summed E-state index contributed by atoms with van der Waals surface area (Å²) in [5, 5.41) is 9.00. The zero-order valence-electron chi connectivity index (χ0n) is 10.9. The maximum Gasteiger partial charge on any atom is 0.271 e. The average molecular weight is 313 g/mol. The van der Waals surface area contributed by atoms with Crippen LogP contribution in [-0.2, 0) is 28.0 Å². The van der Waals surface area contributed by atoms with Gasteiger partial charge in [-0.3, -0.25) is 4.72 Å². The summed E-state index contributed by atoms with van der Waals surface area (Å²) in [6.07, 6.45) is 0. The lowest BCUT2D eigenvalue weighted by Crippen LogP contribution is -2.13. The Kier molecular flexibility index (Phi) is 4.77. The predicted molar refractivity (Wildman–Crippen MR) is 78.2 cm³/mol. The Morgan fingerprint density at radius 3 is 2.65 bits per heavy atom. The molecule has 0 aliphatic carbocycles. The molecule has 0 atom stereocenters. The molecule has 2 N–H and O–H groups in total. The number of methoxy groups -OCH3 is 1. The van der Waals surface area contributed by atoms with Crippen LogP contribution in [0.3, 0.4) is 0 Å². The van der Waals surface area contributed by atoms with Gasteiger partial charge in [0, 0.05) is 17.6 Å². The largest absolute Gasteiger partial charge is 0.391 e. The first-order valence-corrected chi connectivity index (χ1v) is 8.16. The molecule has 0 unspecified atom stereocenters. The number of aliphatic hydroxyl groups is 1. The molecule has 0 saturated carbocycles. The van der Waals surface area contributed by atoms with Crippen LogP contribution in [0.15, 0.2) is 40.6 Å². The van der Waals surface area contributed by atoms with E-state index in [-0.39, 0.29) is 10.8 Å². The van der Waals surface area contributed by atoms with Crippen LogP contribution >= 0.6 is 11.3 Å². The van der Waals surface area contributed by atoms with Gasteiger partial charge in [0.25, 0.3) is 10.0 Å². The molecule has 1 aromatic carbocycles. The highest BCUT2D eigenvalue weighted by Gasteiger charge is 2.18. The van der Waals surface area contributed by atoms with Crippen molar-refractivity contribution in [2.75, 3.05) is 11.8 Å². The van der Waals surface area contributed by atoms with Crippen molar-refractivity contribution in [1.29, 1.82) is 0 Å². The number of benzene rings is 1. The van der Waals surface area contributed by atoms with Crippen LogP contribution in [0.2, 0.25) is 0 Å². The quantitative estimate of drug-likeness (QED) is 0.857. The molecule has 2 aromatic rings. The van der Waals surface area contributed by atoms with Gasteiger partial charge < -0.3 is 9.84 Å². The highest BCUT2D eigenvalue weighted by Crippen LogP contribution is 2.25. The van der Waals surface area contributed by atoms with Crippen LogP contribution in [0.1, 0.15) is 10.4 Å². The van der Waals surface area contributed by atoms with Crippen LogP contribution in [-0.4, -0.2) is 20.6 Å². The third kappa shape index (κ3) is 3.37. The van der Waals surface area contributed by atoms with Gasteiger partial charge in [0.2, 0.25) is 0 Å². The van der Waals surface area contributed by atoms with Crippen molar-refractivity contribution in [2.45, 2.75) is 17.4 Å². The van der Waals surface area contributed by atoms with Gasteiger partial charge in [0.05, 0.1) is 18.9 Å². The Balaban J connectivity index is 2.28. The van der Waals surface area contributed by atoms with Crippen molar-refractivity contribution < 1.29 is 18.3 Å². The minimum atomic E-state index is -3.64. The molecule has 2 rings (SSSR count). The first kappa shape index (κ1) is 15.0. The zero-order chi connectivity index (χ0) is 14.6. The van der Waals surface area contributed by atoms with E-state index in [4.69, 9.17) is 9.84 Å². The van der Waals surface area contributed by atoms with Crippen molar-refractivity contribution in [3.8, 4) is 0 Å². The van der Waals surface area contributed by atoms with Gasteiger partial charge in [-0.05, 0) is 18.2 Å². The highest BCUT2D eigenvalue weighted by atomic mass is 32.2. The van der Waals surface area contributed by atoms with Gasteiger partial charge in [-0.2, -0.15) is 0 Å². The number of thiophene rings is 1. The SMILES string of the molecule is COCc1ccccc1NS(=O)(=O)c1ccc(CO)s1. The van der Waals surface area contributed by atoms with Crippen molar-refractivity contribution in [3.05, 3.63) is 46.8 Å². The van der Waals surface area contributed by atoms with E-state index in [1.165, 1.54) is 6.07 Å². The molecule has 0 aliphatic rings. The first-order valence-electron chi connectivity index (χ1n) is 5.86. The fourth-order valence-corrected chi connectivity index (χ4v) is 4.00. The monoisotopic (exact) mass is 313 g/mol. The fourth-order valence-electron chi connectivity index (χ4n) is 1.68. The highest BCUT2D eigenvalue weighted by molar-refractivity contribution is 7.94. The summed E-state index contributed by atoms with van der Waals surface area (Å²) in [5.41, 5.74) is 1.26. The number of ether oxygens (including phenoxy) is 1. The molecule has 1 aromatic heterocycles. The van der Waals surface area contributed by atoms with Gasteiger partial charge in [-0.15, -0.1) is 11.3 Å². The Hall–Kier alpha value is -1.41. The molecule has 108 valence electrons. The standard InChI is InChI=1S/C13H15NO4S2/c1-18-9-10-4-2-3-5-12(10)14-20(16,17)13-7-6-11(8-15)19-13/h2-7,14-15H,8-9H2,1H3. The van der Waals surface area contributed by atoms with Gasteiger partial charge in [-0.1, -0.05) is 18.2 Å². The topological polar surface area (TPSA) is 75.6 Å². The molecule has 7 heteroatoms. The number of sulfonamides is 1. The summed E-state index contributed by atoms with van der Waals surface area (Å²) in [7, 11) is -2.09. The number of rotatable bonds is 6. The van der Waals surface area contributed by atoms with Crippen LogP contribution < -0.4 is 4.72 Å². The second-order valence-corrected chi connectivity index (χ2v) is 7.15. The van der Waals surface area contributed by atoms with Gasteiger partial charge >= 0.3 is 0 Å². The molecule has 20 heavy (non-hydrogen) atoms. The number of aliphatic hydroxyl groups excluding tert-OH is 1. The molecule has 1 heterocycles. The minimum absolute atomic E-state index is 0.166. The third-order valence-electron chi connectivity index (χ3n) is 2.62. The minimum Gasteiger partial charge on any atom is -0.391 e. The maximum absolute atomic E-state index is 12.3. The van der Waals surface area contributed by atoms with Crippen molar-refractivity contribution in [1.82, 2.24) is 0 Å². The molecule has 0 fully saturated rings. The van der Waals surface area contributed by atoms with E-state index in [0.717, 1.165) is 16.9 Å². The summed E-state index contributed by atoms with van der Waals surface area (Å²) in [5.74, 6) is 0. The molecule has 0 spiro atoms. The molecular formula is C13H15NO4S2. The fraction of sp³-hybridized carbons (Fsp3) is 0.231. The van der Waals surface area contributed by atoms with Crippen LogP contribution in [0, 0.1) is 0 Å². The maximum atomic E-state index is 12.3. The summed E-state index contributed by atoms with van der Waals surface area (Å²) in [6, 6.07) is 10.1. The Labute approximate surface area is 121 Å². The Bertz CT molecular complexity index is 679. The second-order valence-electron chi connectivity index (χ2n) is 4.07. The summed E-state index contributed by atoms with van der Waals surface area (Å²) in [6.45, 7) is 0.158. The van der Waals surface area contributed by atoms with Crippen LogP contribution in [0.25, 0.3) is 0 Å². The number of hydrogen-bond acceptors (Lipinski definition) is 5. The summed E-state index contributed by atoms with van der Waals surface area (Å²) in [4.78, 5) is 0.607. The Morgan fingerprint density at radius 2 is 2.00 bits per heavy atom. The van der Waals surface area contributed by atoms with Crippen molar-refractivity contribution in [2.24, 2.45) is 0 Å².